The molecule has 0 atom stereocenters. The van der Waals surface area contributed by atoms with E-state index in [2.05, 4.69) is 17.2 Å². The van der Waals surface area contributed by atoms with Crippen molar-refractivity contribution < 1.29 is 14.3 Å². The van der Waals surface area contributed by atoms with E-state index in [1.165, 1.54) is 0 Å². The number of hydrogen-bond acceptors (Lipinski definition) is 4. The van der Waals surface area contributed by atoms with Crippen molar-refractivity contribution in [1.82, 2.24) is 10.2 Å². The highest BCUT2D eigenvalue weighted by Gasteiger charge is 2.12. The van der Waals surface area contributed by atoms with E-state index >= 15 is 0 Å². The van der Waals surface area contributed by atoms with Gasteiger partial charge in [0.1, 0.15) is 12.4 Å². The Kier molecular flexibility index (Phi) is 7.77. The Morgan fingerprint density at radius 3 is 2.50 bits per heavy atom. The van der Waals surface area contributed by atoms with E-state index in [0.717, 1.165) is 22.4 Å². The number of aryl methyl sites for hydroxylation is 2. The van der Waals surface area contributed by atoms with Crippen molar-refractivity contribution in [1.29, 1.82) is 0 Å². The molecule has 0 fully saturated rings. The van der Waals surface area contributed by atoms with E-state index < -0.39 is 6.03 Å². The fraction of sp³-hybridized carbons (Fsp3) is 0.273. The Hall–Kier alpha value is -3.12. The molecule has 2 N–H and O–H groups in total. The molecule has 2 aromatic carbocycles. The summed E-state index contributed by atoms with van der Waals surface area (Å²) in [6.45, 7) is 8.65. The highest BCUT2D eigenvalue weighted by molar-refractivity contribution is 6.02. The molecule has 0 aliphatic rings. The lowest BCUT2D eigenvalue weighted by Gasteiger charge is -2.17. The van der Waals surface area contributed by atoms with Crippen LogP contribution in [-0.2, 0) is 11.3 Å². The summed E-state index contributed by atoms with van der Waals surface area (Å²) in [4.78, 5) is 26.0. The van der Waals surface area contributed by atoms with Gasteiger partial charge in [0.15, 0.2) is 0 Å². The van der Waals surface area contributed by atoms with Gasteiger partial charge in [-0.05, 0) is 50.2 Å². The number of carbonyl (C=O) groups excluding carboxylic acids is 2. The molecule has 6 nitrogen and oxygen atoms in total. The molecule has 0 bridgehead atoms. The molecule has 6 heteroatoms. The first-order valence-electron chi connectivity index (χ1n) is 9.06. The molecule has 0 saturated carbocycles. The van der Waals surface area contributed by atoms with Crippen LogP contribution in [0, 0.1) is 13.8 Å². The predicted molar refractivity (Wildman–Crippen MR) is 112 cm³/mol. The summed E-state index contributed by atoms with van der Waals surface area (Å²) in [7, 11) is 1.82. The Labute approximate surface area is 166 Å². The SMILES string of the molecule is C=CCOc1ccc(CN(C)CC(=O)NC(=O)Nc2ccc(C)cc2C)cc1. The first-order chi connectivity index (χ1) is 13.4. The maximum Gasteiger partial charge on any atom is 0.325 e. The molecular formula is C22H27N3O3. The number of imide groups is 1. The van der Waals surface area contributed by atoms with E-state index in [-0.39, 0.29) is 12.5 Å². The van der Waals surface area contributed by atoms with Crippen molar-refractivity contribution in [2.24, 2.45) is 0 Å². The van der Waals surface area contributed by atoms with Gasteiger partial charge in [0.05, 0.1) is 6.54 Å². The summed E-state index contributed by atoms with van der Waals surface area (Å²) in [6, 6.07) is 12.8. The van der Waals surface area contributed by atoms with E-state index in [4.69, 9.17) is 4.74 Å². The summed E-state index contributed by atoms with van der Waals surface area (Å²) in [5, 5.41) is 5.06. The number of nitrogens with one attached hydrogen (secondary N) is 2. The highest BCUT2D eigenvalue weighted by Crippen LogP contribution is 2.16. The van der Waals surface area contributed by atoms with E-state index in [1.54, 1.807) is 6.08 Å². The quantitative estimate of drug-likeness (QED) is 0.685. The molecule has 0 spiro atoms. The van der Waals surface area contributed by atoms with Crippen LogP contribution in [0.4, 0.5) is 10.5 Å². The number of rotatable bonds is 8. The van der Waals surface area contributed by atoms with Gasteiger partial charge in [-0.15, -0.1) is 0 Å². The number of ether oxygens (including phenoxy) is 1. The third-order valence-corrected chi connectivity index (χ3v) is 4.04. The summed E-state index contributed by atoms with van der Waals surface area (Å²) in [5.74, 6) is 0.405. The predicted octanol–water partition coefficient (Wildman–Crippen LogP) is 3.65. The van der Waals surface area contributed by atoms with Crippen LogP contribution in [-0.4, -0.2) is 37.0 Å². The Bertz CT molecular complexity index is 831. The summed E-state index contributed by atoms with van der Waals surface area (Å²) < 4.78 is 5.45. The smallest absolute Gasteiger partial charge is 0.325 e. The largest absolute Gasteiger partial charge is 0.490 e. The van der Waals surface area contributed by atoms with Gasteiger partial charge < -0.3 is 10.1 Å². The van der Waals surface area contributed by atoms with Crippen LogP contribution in [0.2, 0.25) is 0 Å². The maximum absolute atomic E-state index is 12.1. The van der Waals surface area contributed by atoms with Crippen molar-refractivity contribution in [3.05, 3.63) is 71.8 Å². The molecule has 0 radical (unpaired) electrons. The minimum absolute atomic E-state index is 0.106. The standard InChI is InChI=1S/C22H27N3O3/c1-5-12-28-19-9-7-18(8-10-19)14-25(4)15-21(26)24-22(27)23-20-11-6-16(2)13-17(20)3/h5-11,13H,1,12,14-15H2,2-4H3,(H2,23,24,26,27). The fourth-order valence-corrected chi connectivity index (χ4v) is 2.73. The normalized spacial score (nSPS) is 10.4. The zero-order valence-corrected chi connectivity index (χ0v) is 16.6. The van der Waals surface area contributed by atoms with Gasteiger partial charge in [-0.25, -0.2) is 4.79 Å². The van der Waals surface area contributed by atoms with Gasteiger partial charge in [-0.1, -0.05) is 42.5 Å². The number of anilines is 1. The monoisotopic (exact) mass is 381 g/mol. The molecule has 148 valence electrons. The highest BCUT2D eigenvalue weighted by atomic mass is 16.5. The third-order valence-electron chi connectivity index (χ3n) is 4.04. The van der Waals surface area contributed by atoms with Crippen molar-refractivity contribution >= 4 is 17.6 Å². The van der Waals surface area contributed by atoms with E-state index in [1.807, 2.05) is 68.3 Å². The average Bonchev–Trinajstić information content (AvgIpc) is 2.63. The zero-order chi connectivity index (χ0) is 20.5. The van der Waals surface area contributed by atoms with Crippen molar-refractivity contribution in [2.75, 3.05) is 25.5 Å². The maximum atomic E-state index is 12.1. The van der Waals surface area contributed by atoms with E-state index in [9.17, 15) is 9.59 Å². The van der Waals surface area contributed by atoms with Gasteiger partial charge in [0, 0.05) is 12.2 Å². The fourth-order valence-electron chi connectivity index (χ4n) is 2.73. The summed E-state index contributed by atoms with van der Waals surface area (Å²) in [6.07, 6.45) is 1.69. The van der Waals surface area contributed by atoms with Crippen molar-refractivity contribution in [3.63, 3.8) is 0 Å². The molecule has 0 aliphatic carbocycles. The Morgan fingerprint density at radius 2 is 1.86 bits per heavy atom. The minimum Gasteiger partial charge on any atom is -0.490 e. The Balaban J connectivity index is 1.79. The van der Waals surface area contributed by atoms with Crippen molar-refractivity contribution in [3.8, 4) is 5.75 Å². The molecule has 0 saturated heterocycles. The van der Waals surface area contributed by atoms with Gasteiger partial charge in [0.2, 0.25) is 5.91 Å². The van der Waals surface area contributed by atoms with Crippen LogP contribution in [0.15, 0.2) is 55.1 Å². The topological polar surface area (TPSA) is 70.7 Å². The number of hydrogen-bond donors (Lipinski definition) is 2. The third kappa shape index (κ3) is 6.89. The zero-order valence-electron chi connectivity index (χ0n) is 16.6. The molecule has 0 heterocycles. The molecular weight excluding hydrogens is 354 g/mol. The van der Waals surface area contributed by atoms with Gasteiger partial charge >= 0.3 is 6.03 Å². The molecule has 28 heavy (non-hydrogen) atoms. The number of amides is 3. The number of urea groups is 1. The lowest BCUT2D eigenvalue weighted by Crippen LogP contribution is -2.40. The molecule has 0 unspecified atom stereocenters. The van der Waals surface area contributed by atoms with Gasteiger partial charge in [-0.2, -0.15) is 0 Å². The average molecular weight is 381 g/mol. The Morgan fingerprint density at radius 1 is 1.14 bits per heavy atom. The van der Waals surface area contributed by atoms with Crippen LogP contribution >= 0.6 is 0 Å². The number of carbonyl (C=O) groups is 2. The second-order valence-corrected chi connectivity index (χ2v) is 6.74. The molecule has 2 rings (SSSR count). The minimum atomic E-state index is -0.533. The van der Waals surface area contributed by atoms with Gasteiger partial charge in [0.25, 0.3) is 0 Å². The second-order valence-electron chi connectivity index (χ2n) is 6.74. The van der Waals surface area contributed by atoms with Crippen LogP contribution in [0.1, 0.15) is 16.7 Å². The summed E-state index contributed by atoms with van der Waals surface area (Å²) >= 11 is 0. The first-order valence-corrected chi connectivity index (χ1v) is 9.06. The molecule has 0 aromatic heterocycles. The lowest BCUT2D eigenvalue weighted by atomic mass is 10.1. The van der Waals surface area contributed by atoms with Crippen LogP contribution < -0.4 is 15.4 Å². The second kappa shape index (κ2) is 10.3. The number of benzene rings is 2. The number of nitrogens with zero attached hydrogens (tertiary/aromatic N) is 1. The molecule has 2 aromatic rings. The van der Waals surface area contributed by atoms with Crippen LogP contribution in [0.3, 0.4) is 0 Å². The van der Waals surface area contributed by atoms with Gasteiger partial charge in [-0.3, -0.25) is 15.0 Å². The summed E-state index contributed by atoms with van der Waals surface area (Å²) in [5.41, 5.74) is 3.78. The first kappa shape index (κ1) is 21.2. The lowest BCUT2D eigenvalue weighted by molar-refractivity contribution is -0.120. The van der Waals surface area contributed by atoms with Crippen molar-refractivity contribution in [2.45, 2.75) is 20.4 Å². The number of likely N-dealkylation sites (N-methyl/N-ethyl adjacent to an activating group) is 1. The van der Waals surface area contributed by atoms with Crippen LogP contribution in [0.25, 0.3) is 0 Å². The van der Waals surface area contributed by atoms with Crippen LogP contribution in [0.5, 0.6) is 5.75 Å². The molecule has 0 aliphatic heterocycles. The molecule has 3 amide bonds. The van der Waals surface area contributed by atoms with E-state index in [0.29, 0.717) is 18.8 Å².